The van der Waals surface area contributed by atoms with Crippen molar-refractivity contribution in [3.8, 4) is 10.6 Å². The van der Waals surface area contributed by atoms with Gasteiger partial charge in [0.25, 0.3) is 0 Å². The number of para-hydroxylation sites is 1. The maximum absolute atomic E-state index is 4.80. The molecule has 3 rings (SSSR count). The van der Waals surface area contributed by atoms with Crippen molar-refractivity contribution in [2.45, 2.75) is 12.2 Å². The van der Waals surface area contributed by atoms with Crippen LogP contribution in [0.4, 0.5) is 0 Å². The summed E-state index contributed by atoms with van der Waals surface area (Å²) >= 11 is 3.62. The summed E-state index contributed by atoms with van der Waals surface area (Å²) in [7, 11) is 0. The van der Waals surface area contributed by atoms with Crippen molar-refractivity contribution < 1.29 is 0 Å². The summed E-state index contributed by atoms with van der Waals surface area (Å²) in [5, 5.41) is 1.11. The van der Waals surface area contributed by atoms with Gasteiger partial charge in [-0.05, 0) is 35.9 Å². The van der Waals surface area contributed by atoms with E-state index in [4.69, 9.17) is 4.98 Å². The Bertz CT molecular complexity index is 741. The number of hydrogen-bond acceptors (Lipinski definition) is 3. The van der Waals surface area contributed by atoms with Crippen LogP contribution in [0, 0.1) is 0 Å². The average Bonchev–Trinajstić information content (AvgIpc) is 2.93. The second-order valence-corrected chi connectivity index (χ2v) is 6.75. The molecule has 1 nitrogen and oxygen atoms in total. The third kappa shape index (κ3) is 2.89. The van der Waals surface area contributed by atoms with Gasteiger partial charge in [-0.3, -0.25) is 0 Å². The lowest BCUT2D eigenvalue weighted by atomic mass is 9.99. The average molecular weight is 311 g/mol. The maximum Gasteiger partial charge on any atom is 0.124 e. The molecule has 0 aliphatic rings. The third-order valence-corrected chi connectivity index (χ3v) is 5.11. The molecule has 0 saturated heterocycles. The summed E-state index contributed by atoms with van der Waals surface area (Å²) in [6.07, 6.45) is 5.01. The highest BCUT2D eigenvalue weighted by Gasteiger charge is 2.12. The maximum atomic E-state index is 4.80. The number of thioether (sulfide) groups is 1. The van der Waals surface area contributed by atoms with E-state index in [0.717, 1.165) is 22.7 Å². The lowest BCUT2D eigenvalue weighted by Crippen LogP contribution is -1.95. The summed E-state index contributed by atoms with van der Waals surface area (Å²) < 4.78 is 1.24. The van der Waals surface area contributed by atoms with Gasteiger partial charge >= 0.3 is 0 Å². The zero-order chi connectivity index (χ0) is 14.7. The van der Waals surface area contributed by atoms with Crippen molar-refractivity contribution in [1.82, 2.24) is 4.98 Å². The van der Waals surface area contributed by atoms with E-state index in [1.165, 1.54) is 21.4 Å². The normalized spacial score (nSPS) is 10.9. The van der Waals surface area contributed by atoms with Gasteiger partial charge in [0, 0.05) is 11.3 Å². The summed E-state index contributed by atoms with van der Waals surface area (Å²) in [6, 6.07) is 14.9. The van der Waals surface area contributed by atoms with Crippen LogP contribution in [0.5, 0.6) is 0 Å². The van der Waals surface area contributed by atoms with E-state index in [1.54, 1.807) is 11.3 Å². The molecule has 0 radical (unpaired) electrons. The molecule has 0 N–H and O–H groups in total. The molecule has 0 saturated carbocycles. The molecule has 0 fully saturated rings. The molecule has 21 heavy (non-hydrogen) atoms. The van der Waals surface area contributed by atoms with Gasteiger partial charge in [0.05, 0.1) is 10.2 Å². The molecule has 106 valence electrons. The molecule has 0 aliphatic heterocycles. The number of hydrogen-bond donors (Lipinski definition) is 0. The van der Waals surface area contributed by atoms with Crippen LogP contribution in [0.25, 0.3) is 20.8 Å². The van der Waals surface area contributed by atoms with Crippen molar-refractivity contribution in [1.29, 1.82) is 0 Å². The minimum absolute atomic E-state index is 0.891. The molecular formula is C18H17NS2. The van der Waals surface area contributed by atoms with Gasteiger partial charge in [-0.1, -0.05) is 36.4 Å². The first-order valence-electron chi connectivity index (χ1n) is 6.90. The molecule has 1 heterocycles. The Labute approximate surface area is 133 Å². The Morgan fingerprint density at radius 1 is 1.19 bits per heavy atom. The Balaban J connectivity index is 2.15. The molecule has 0 bridgehead atoms. The fraction of sp³-hybridized carbons (Fsp3) is 0.167. The monoisotopic (exact) mass is 311 g/mol. The number of benzene rings is 2. The van der Waals surface area contributed by atoms with E-state index >= 15 is 0 Å². The van der Waals surface area contributed by atoms with E-state index < -0.39 is 0 Å². The fourth-order valence-corrected chi connectivity index (χ4v) is 4.10. The van der Waals surface area contributed by atoms with Crippen LogP contribution in [0.2, 0.25) is 0 Å². The number of nitrogens with zero attached hydrogens (tertiary/aromatic N) is 1. The largest absolute Gasteiger partial charge is 0.236 e. The highest BCUT2D eigenvalue weighted by Crippen LogP contribution is 2.34. The minimum Gasteiger partial charge on any atom is -0.236 e. The van der Waals surface area contributed by atoms with Crippen molar-refractivity contribution in [2.75, 3.05) is 6.26 Å². The number of fused-ring (bicyclic) bond motifs is 1. The van der Waals surface area contributed by atoms with Crippen LogP contribution in [0.1, 0.15) is 11.1 Å². The Hall–Kier alpha value is -1.58. The van der Waals surface area contributed by atoms with Gasteiger partial charge in [-0.15, -0.1) is 17.9 Å². The molecule has 0 aliphatic carbocycles. The predicted octanol–water partition coefficient (Wildman–Crippen LogP) is 5.55. The molecule has 0 unspecified atom stereocenters. The number of aromatic nitrogens is 1. The quantitative estimate of drug-likeness (QED) is 0.573. The van der Waals surface area contributed by atoms with Crippen LogP contribution < -0.4 is 0 Å². The van der Waals surface area contributed by atoms with Crippen LogP contribution in [-0.2, 0) is 12.2 Å². The number of rotatable bonds is 5. The number of thiazole rings is 1. The van der Waals surface area contributed by atoms with Crippen molar-refractivity contribution in [2.24, 2.45) is 0 Å². The molecular weight excluding hydrogens is 294 g/mol. The third-order valence-electron chi connectivity index (χ3n) is 3.45. The van der Waals surface area contributed by atoms with Crippen molar-refractivity contribution >= 4 is 33.3 Å². The standard InChI is InChI=1S/C18H17NS2/c1-3-7-14-13(12-20-2)8-6-9-15(14)18-19-16-10-4-5-11-17(16)21-18/h3-6,8-11H,1,7,12H2,2H3. The van der Waals surface area contributed by atoms with Crippen molar-refractivity contribution in [3.63, 3.8) is 0 Å². The first-order valence-corrected chi connectivity index (χ1v) is 9.11. The van der Waals surface area contributed by atoms with Crippen LogP contribution >= 0.6 is 23.1 Å². The van der Waals surface area contributed by atoms with E-state index in [-0.39, 0.29) is 0 Å². The Kier molecular flexibility index (Phi) is 4.42. The smallest absolute Gasteiger partial charge is 0.124 e. The number of allylic oxidation sites excluding steroid dienone is 1. The lowest BCUT2D eigenvalue weighted by Gasteiger charge is -2.11. The zero-order valence-corrected chi connectivity index (χ0v) is 13.6. The molecule has 2 aromatic carbocycles. The molecule has 3 aromatic rings. The van der Waals surface area contributed by atoms with Gasteiger partial charge in [0.15, 0.2) is 0 Å². The van der Waals surface area contributed by atoms with E-state index in [1.807, 2.05) is 23.9 Å². The van der Waals surface area contributed by atoms with E-state index in [9.17, 15) is 0 Å². The highest BCUT2D eigenvalue weighted by atomic mass is 32.2. The minimum atomic E-state index is 0.891. The molecule has 1 aromatic heterocycles. The molecule has 0 spiro atoms. The van der Waals surface area contributed by atoms with Gasteiger partial charge < -0.3 is 0 Å². The summed E-state index contributed by atoms with van der Waals surface area (Å²) in [5.74, 6) is 1.03. The zero-order valence-electron chi connectivity index (χ0n) is 12.0. The SMILES string of the molecule is C=CCc1c(CSC)cccc1-c1nc2ccccc2s1. The second kappa shape index (κ2) is 6.46. The second-order valence-electron chi connectivity index (χ2n) is 4.86. The first-order chi connectivity index (χ1) is 10.3. The highest BCUT2D eigenvalue weighted by molar-refractivity contribution is 7.97. The topological polar surface area (TPSA) is 12.9 Å². The summed E-state index contributed by atoms with van der Waals surface area (Å²) in [5.41, 5.74) is 5.08. The first kappa shape index (κ1) is 14.4. The summed E-state index contributed by atoms with van der Waals surface area (Å²) in [4.78, 5) is 4.80. The van der Waals surface area contributed by atoms with Crippen LogP contribution in [-0.4, -0.2) is 11.2 Å². The van der Waals surface area contributed by atoms with E-state index in [0.29, 0.717) is 0 Å². The van der Waals surface area contributed by atoms with Gasteiger partial charge in [-0.2, -0.15) is 11.8 Å². The summed E-state index contributed by atoms with van der Waals surface area (Å²) in [6.45, 7) is 3.91. The Morgan fingerprint density at radius 2 is 2.05 bits per heavy atom. The van der Waals surface area contributed by atoms with Crippen LogP contribution in [0.15, 0.2) is 55.1 Å². The van der Waals surface area contributed by atoms with Gasteiger partial charge in [0.2, 0.25) is 0 Å². The lowest BCUT2D eigenvalue weighted by molar-refractivity contribution is 1.20. The fourth-order valence-electron chi connectivity index (χ4n) is 2.50. The van der Waals surface area contributed by atoms with Gasteiger partial charge in [-0.25, -0.2) is 4.98 Å². The molecule has 0 amide bonds. The Morgan fingerprint density at radius 3 is 2.81 bits per heavy atom. The molecule has 0 atom stereocenters. The van der Waals surface area contributed by atoms with Crippen molar-refractivity contribution in [3.05, 3.63) is 66.2 Å². The van der Waals surface area contributed by atoms with Crippen LogP contribution in [0.3, 0.4) is 0 Å². The van der Waals surface area contributed by atoms with Gasteiger partial charge in [0.1, 0.15) is 5.01 Å². The predicted molar refractivity (Wildman–Crippen MR) is 96.2 cm³/mol. The molecule has 3 heteroatoms. The van der Waals surface area contributed by atoms with E-state index in [2.05, 4.69) is 49.2 Å².